The molecule has 0 atom stereocenters. The molecule has 0 unspecified atom stereocenters. The van der Waals surface area contributed by atoms with E-state index >= 15 is 0 Å². The summed E-state index contributed by atoms with van der Waals surface area (Å²) in [7, 11) is 1.39. The molecule has 0 aliphatic rings. The van der Waals surface area contributed by atoms with E-state index in [-0.39, 0.29) is 11.8 Å². The molecule has 2 aromatic rings. The lowest BCUT2D eigenvalue weighted by molar-refractivity contribution is -0.139. The van der Waals surface area contributed by atoms with Crippen LogP contribution in [0.3, 0.4) is 0 Å². The van der Waals surface area contributed by atoms with Crippen molar-refractivity contribution in [3.8, 4) is 0 Å². The number of rotatable bonds is 4. The monoisotopic (exact) mass is 268 g/mol. The zero-order valence-electron chi connectivity index (χ0n) is 9.61. The first kappa shape index (κ1) is 12.3. The van der Waals surface area contributed by atoms with Crippen LogP contribution in [0.1, 0.15) is 16.7 Å². The first-order valence-corrected chi connectivity index (χ1v) is 6.79. The van der Waals surface area contributed by atoms with Crippen LogP contribution in [0.15, 0.2) is 12.1 Å². The summed E-state index contributed by atoms with van der Waals surface area (Å²) < 4.78 is 5.80. The molecule has 0 aliphatic carbocycles. The Hall–Kier alpha value is -1.20. The van der Waals surface area contributed by atoms with Crippen LogP contribution in [0.5, 0.6) is 0 Å². The third-order valence-corrected chi connectivity index (χ3v) is 4.68. The minimum Gasteiger partial charge on any atom is -0.469 e. The number of thiophene rings is 2. The maximum absolute atomic E-state index is 11.1. The molecule has 0 spiro atoms. The zero-order chi connectivity index (χ0) is 12.4. The minimum absolute atomic E-state index is 0.175. The number of ether oxygens (including phenoxy) is 1. The van der Waals surface area contributed by atoms with Gasteiger partial charge in [-0.25, -0.2) is 0 Å². The van der Waals surface area contributed by atoms with E-state index in [0.29, 0.717) is 12.8 Å². The molecule has 0 bridgehead atoms. The number of carbonyl (C=O) groups excluding carboxylic acids is 2. The molecule has 0 radical (unpaired) electrons. The smallest absolute Gasteiger partial charge is 0.310 e. The van der Waals surface area contributed by atoms with E-state index in [1.807, 2.05) is 12.1 Å². The maximum atomic E-state index is 11.1. The van der Waals surface area contributed by atoms with Crippen LogP contribution in [0.2, 0.25) is 0 Å². The van der Waals surface area contributed by atoms with Crippen LogP contribution in [-0.2, 0) is 27.2 Å². The van der Waals surface area contributed by atoms with Crippen LogP contribution >= 0.6 is 22.7 Å². The van der Waals surface area contributed by atoms with Gasteiger partial charge in [-0.15, -0.1) is 22.7 Å². The number of fused-ring (bicyclic) bond motifs is 1. The fourth-order valence-corrected chi connectivity index (χ4v) is 4.17. The van der Waals surface area contributed by atoms with Crippen molar-refractivity contribution in [2.75, 3.05) is 7.11 Å². The van der Waals surface area contributed by atoms with E-state index in [1.54, 1.807) is 29.6 Å². The number of methoxy groups -OCH3 is 1. The van der Waals surface area contributed by atoms with Gasteiger partial charge in [0.25, 0.3) is 0 Å². The number of hydrogen-bond acceptors (Lipinski definition) is 5. The molecular formula is C12H12O3S2. The van der Waals surface area contributed by atoms with E-state index < -0.39 is 0 Å². The van der Waals surface area contributed by atoms with Gasteiger partial charge in [0, 0.05) is 21.6 Å². The summed E-state index contributed by atoms with van der Waals surface area (Å²) in [5, 5.41) is 1.12. The second kappa shape index (κ2) is 4.98. The third kappa shape index (κ3) is 2.92. The molecule has 0 amide bonds. The van der Waals surface area contributed by atoms with Crippen molar-refractivity contribution in [1.82, 2.24) is 0 Å². The van der Waals surface area contributed by atoms with Gasteiger partial charge >= 0.3 is 5.97 Å². The van der Waals surface area contributed by atoms with Crippen molar-refractivity contribution in [2.45, 2.75) is 19.8 Å². The molecule has 2 heterocycles. The number of Topliss-reactive ketones (excluding diaryl/α,β-unsaturated/α-hetero) is 1. The first-order chi connectivity index (χ1) is 8.08. The van der Waals surface area contributed by atoms with Crippen LogP contribution in [0.25, 0.3) is 9.40 Å². The van der Waals surface area contributed by atoms with Crippen molar-refractivity contribution in [3.05, 3.63) is 21.9 Å². The lowest BCUT2D eigenvalue weighted by Gasteiger charge is -1.94. The largest absolute Gasteiger partial charge is 0.469 e. The average Bonchev–Trinajstić information content (AvgIpc) is 2.73. The van der Waals surface area contributed by atoms with Crippen LogP contribution in [-0.4, -0.2) is 18.9 Å². The summed E-state index contributed by atoms with van der Waals surface area (Å²) in [6.45, 7) is 1.59. The lowest BCUT2D eigenvalue weighted by atomic mass is 10.2. The molecule has 0 aliphatic heterocycles. The highest BCUT2D eigenvalue weighted by Crippen LogP contribution is 2.34. The molecule has 90 valence electrons. The molecule has 5 heteroatoms. The van der Waals surface area contributed by atoms with Gasteiger partial charge in [-0.1, -0.05) is 0 Å². The second-order valence-corrected chi connectivity index (χ2v) is 6.33. The summed E-state index contributed by atoms with van der Waals surface area (Å²) in [5.41, 5.74) is 0. The predicted octanol–water partition coefficient (Wildman–Crippen LogP) is 2.81. The summed E-state index contributed by atoms with van der Waals surface area (Å²) >= 11 is 3.22. The fraction of sp³-hybridized carbons (Fsp3) is 0.333. The predicted molar refractivity (Wildman–Crippen MR) is 69.8 cm³/mol. The highest BCUT2D eigenvalue weighted by Gasteiger charge is 2.10. The molecule has 2 rings (SSSR count). The minimum atomic E-state index is -0.220. The van der Waals surface area contributed by atoms with Gasteiger partial charge in [0.2, 0.25) is 0 Å². The number of ketones is 1. The van der Waals surface area contributed by atoms with Crippen LogP contribution in [0.4, 0.5) is 0 Å². The van der Waals surface area contributed by atoms with E-state index in [1.165, 1.54) is 11.1 Å². The Morgan fingerprint density at radius 1 is 1.18 bits per heavy atom. The normalized spacial score (nSPS) is 10.7. The summed E-state index contributed by atoms with van der Waals surface area (Å²) in [6.07, 6.45) is 0.822. The Bertz CT molecular complexity index is 534. The van der Waals surface area contributed by atoms with Gasteiger partial charge in [0.05, 0.1) is 17.5 Å². The second-order valence-electron chi connectivity index (χ2n) is 3.80. The van der Waals surface area contributed by atoms with Crippen LogP contribution in [0, 0.1) is 0 Å². The third-order valence-electron chi connectivity index (χ3n) is 2.29. The lowest BCUT2D eigenvalue weighted by Crippen LogP contribution is -2.02. The quantitative estimate of drug-likeness (QED) is 0.801. The van der Waals surface area contributed by atoms with E-state index in [2.05, 4.69) is 4.74 Å². The van der Waals surface area contributed by atoms with Gasteiger partial charge < -0.3 is 4.74 Å². The summed E-state index contributed by atoms with van der Waals surface area (Å²) in [4.78, 5) is 24.2. The van der Waals surface area contributed by atoms with Gasteiger partial charge in [-0.2, -0.15) is 0 Å². The van der Waals surface area contributed by atoms with Crippen LogP contribution < -0.4 is 0 Å². The standard InChI is InChI=1S/C12H12O3S2/c1-7(13)3-9-4-8-5-10(6-11(14)15-2)17-12(8)16-9/h4-5H,3,6H2,1-2H3. The number of hydrogen-bond donors (Lipinski definition) is 0. The van der Waals surface area contributed by atoms with Gasteiger partial charge in [-0.3, -0.25) is 9.59 Å². The number of carbonyl (C=O) groups is 2. The molecule has 17 heavy (non-hydrogen) atoms. The highest BCUT2D eigenvalue weighted by atomic mass is 32.2. The highest BCUT2D eigenvalue weighted by molar-refractivity contribution is 7.38. The van der Waals surface area contributed by atoms with Crippen molar-refractivity contribution in [3.63, 3.8) is 0 Å². The van der Waals surface area contributed by atoms with E-state index in [4.69, 9.17) is 0 Å². The molecule has 0 fully saturated rings. The molecule has 0 aromatic carbocycles. The average molecular weight is 268 g/mol. The topological polar surface area (TPSA) is 43.4 Å². The van der Waals surface area contributed by atoms with Gasteiger partial charge in [0.15, 0.2) is 0 Å². The molecule has 3 nitrogen and oxygen atoms in total. The Balaban J connectivity index is 2.19. The van der Waals surface area contributed by atoms with E-state index in [0.717, 1.165) is 15.1 Å². The van der Waals surface area contributed by atoms with Crippen molar-refractivity contribution < 1.29 is 14.3 Å². The molecule has 0 saturated carbocycles. The Morgan fingerprint density at radius 3 is 2.24 bits per heavy atom. The fourth-order valence-electron chi connectivity index (χ4n) is 1.58. The van der Waals surface area contributed by atoms with E-state index in [9.17, 15) is 9.59 Å². The summed E-state index contributed by atoms with van der Waals surface area (Å²) in [6, 6.07) is 4.02. The maximum Gasteiger partial charge on any atom is 0.310 e. The summed E-state index contributed by atoms with van der Waals surface area (Å²) in [5.74, 6) is -0.0449. The van der Waals surface area contributed by atoms with Crippen molar-refractivity contribution in [2.24, 2.45) is 0 Å². The SMILES string of the molecule is COC(=O)Cc1cc2cc(CC(C)=O)sc2s1. The molecular weight excluding hydrogens is 256 g/mol. The van der Waals surface area contributed by atoms with Gasteiger partial charge in [0.1, 0.15) is 5.78 Å². The zero-order valence-corrected chi connectivity index (χ0v) is 11.2. The van der Waals surface area contributed by atoms with Gasteiger partial charge in [-0.05, 0) is 19.1 Å². The Kier molecular flexibility index (Phi) is 3.59. The Labute approximate surface area is 107 Å². The van der Waals surface area contributed by atoms with Crippen molar-refractivity contribution >= 4 is 43.8 Å². The molecule has 0 N–H and O–H groups in total. The first-order valence-electron chi connectivity index (χ1n) is 5.16. The number of esters is 1. The Morgan fingerprint density at radius 2 is 1.76 bits per heavy atom. The molecule has 2 aromatic heterocycles. The van der Waals surface area contributed by atoms with Crippen molar-refractivity contribution in [1.29, 1.82) is 0 Å². The molecule has 0 saturated heterocycles.